The highest BCUT2D eigenvalue weighted by atomic mass is 32.1. The first-order valence-electron chi connectivity index (χ1n) is 7.86. The lowest BCUT2D eigenvalue weighted by Gasteiger charge is -2.26. The summed E-state index contributed by atoms with van der Waals surface area (Å²) in [6, 6.07) is 0. The molecule has 2 aromatic rings. The molecule has 0 aliphatic carbocycles. The Morgan fingerprint density at radius 3 is 2.50 bits per heavy atom. The smallest absolute Gasteiger partial charge is 0.225 e. The van der Waals surface area contributed by atoms with Crippen molar-refractivity contribution < 1.29 is 0 Å². The lowest BCUT2D eigenvalue weighted by molar-refractivity contribution is 0.315. The molecule has 0 bridgehead atoms. The van der Waals surface area contributed by atoms with Crippen LogP contribution in [0.4, 0.5) is 5.95 Å². The molecule has 3 rings (SSSR count). The van der Waals surface area contributed by atoms with Gasteiger partial charge in [-0.15, -0.1) is 11.3 Å². The average Bonchev–Trinajstić information content (AvgIpc) is 2.94. The number of anilines is 1. The number of aromatic nitrogens is 3. The molecule has 3 heterocycles. The van der Waals surface area contributed by atoms with Crippen LogP contribution in [-0.4, -0.2) is 40.0 Å². The van der Waals surface area contributed by atoms with Gasteiger partial charge in [0, 0.05) is 49.5 Å². The molecule has 0 atom stereocenters. The summed E-state index contributed by atoms with van der Waals surface area (Å²) in [5.74, 6) is 0.876. The van der Waals surface area contributed by atoms with Crippen molar-refractivity contribution in [1.82, 2.24) is 19.9 Å². The minimum absolute atomic E-state index is 0.844. The summed E-state index contributed by atoms with van der Waals surface area (Å²) in [4.78, 5) is 18.1. The van der Waals surface area contributed by atoms with Crippen LogP contribution in [0.25, 0.3) is 0 Å². The van der Waals surface area contributed by atoms with Crippen LogP contribution >= 0.6 is 11.3 Å². The molecule has 22 heavy (non-hydrogen) atoms. The molecule has 2 aromatic heterocycles. The van der Waals surface area contributed by atoms with Crippen LogP contribution in [0, 0.1) is 6.92 Å². The lowest BCUT2D eigenvalue weighted by Crippen LogP contribution is -2.31. The number of hydrogen-bond acceptors (Lipinski definition) is 6. The summed E-state index contributed by atoms with van der Waals surface area (Å²) < 4.78 is 0. The molecule has 1 saturated heterocycles. The van der Waals surface area contributed by atoms with Gasteiger partial charge in [-0.3, -0.25) is 4.90 Å². The number of hydrogen-bond donors (Lipinski definition) is 0. The fraction of sp³-hybridized carbons (Fsp3) is 0.562. The van der Waals surface area contributed by atoms with Gasteiger partial charge in [0.25, 0.3) is 0 Å². The molecular formula is C16H23N5S. The number of aryl methyl sites for hydroxylation is 1. The Hall–Kier alpha value is -1.53. The topological polar surface area (TPSA) is 45.2 Å². The standard InChI is InChI=1S/C16H23N5S/c1-13-19-15(12-22-13)11-20(2)10-14-8-17-16(18-9-14)21-6-4-3-5-7-21/h8-9,12H,3-7,10-11H2,1-2H3. The summed E-state index contributed by atoms with van der Waals surface area (Å²) in [7, 11) is 2.10. The van der Waals surface area contributed by atoms with E-state index in [0.29, 0.717) is 0 Å². The molecule has 1 aliphatic heterocycles. The van der Waals surface area contributed by atoms with E-state index in [1.165, 1.54) is 19.3 Å². The summed E-state index contributed by atoms with van der Waals surface area (Å²) >= 11 is 1.70. The summed E-state index contributed by atoms with van der Waals surface area (Å²) in [6.45, 7) is 5.92. The van der Waals surface area contributed by atoms with Crippen LogP contribution in [0.3, 0.4) is 0 Å². The average molecular weight is 317 g/mol. The molecule has 0 amide bonds. The van der Waals surface area contributed by atoms with Gasteiger partial charge in [-0.05, 0) is 33.2 Å². The van der Waals surface area contributed by atoms with Gasteiger partial charge in [-0.25, -0.2) is 15.0 Å². The van der Waals surface area contributed by atoms with Crippen molar-refractivity contribution in [2.45, 2.75) is 39.3 Å². The van der Waals surface area contributed by atoms with E-state index in [1.807, 2.05) is 19.3 Å². The van der Waals surface area contributed by atoms with E-state index in [2.05, 4.69) is 37.2 Å². The summed E-state index contributed by atoms with van der Waals surface area (Å²) in [6.07, 6.45) is 7.75. The Kier molecular flexibility index (Phi) is 5.00. The maximum Gasteiger partial charge on any atom is 0.225 e. The minimum Gasteiger partial charge on any atom is -0.341 e. The molecule has 6 heteroatoms. The van der Waals surface area contributed by atoms with Crippen molar-refractivity contribution in [1.29, 1.82) is 0 Å². The zero-order chi connectivity index (χ0) is 15.4. The van der Waals surface area contributed by atoms with E-state index in [4.69, 9.17) is 0 Å². The summed E-state index contributed by atoms with van der Waals surface area (Å²) in [5, 5.41) is 3.25. The third-order valence-corrected chi connectivity index (χ3v) is 4.70. The van der Waals surface area contributed by atoms with E-state index < -0.39 is 0 Å². The van der Waals surface area contributed by atoms with Gasteiger partial charge in [0.1, 0.15) is 0 Å². The molecular weight excluding hydrogens is 294 g/mol. The van der Waals surface area contributed by atoms with E-state index in [-0.39, 0.29) is 0 Å². The Bertz CT molecular complexity index is 589. The van der Waals surface area contributed by atoms with Crippen LogP contribution in [-0.2, 0) is 13.1 Å². The van der Waals surface area contributed by atoms with Gasteiger partial charge in [-0.1, -0.05) is 0 Å². The monoisotopic (exact) mass is 317 g/mol. The van der Waals surface area contributed by atoms with Crippen LogP contribution in [0.1, 0.15) is 35.5 Å². The molecule has 5 nitrogen and oxygen atoms in total. The molecule has 0 spiro atoms. The second kappa shape index (κ2) is 7.15. The zero-order valence-corrected chi connectivity index (χ0v) is 14.1. The summed E-state index contributed by atoms with van der Waals surface area (Å²) in [5.41, 5.74) is 2.28. The lowest BCUT2D eigenvalue weighted by atomic mass is 10.1. The predicted octanol–water partition coefficient (Wildman–Crippen LogP) is 2.86. The molecule has 0 N–H and O–H groups in total. The predicted molar refractivity (Wildman–Crippen MR) is 90.1 cm³/mol. The molecule has 0 aromatic carbocycles. The molecule has 0 unspecified atom stereocenters. The van der Waals surface area contributed by atoms with Crippen LogP contribution in [0.15, 0.2) is 17.8 Å². The normalized spacial score (nSPS) is 15.5. The van der Waals surface area contributed by atoms with Gasteiger partial charge < -0.3 is 4.90 Å². The van der Waals surface area contributed by atoms with Gasteiger partial charge in [0.05, 0.1) is 10.7 Å². The van der Waals surface area contributed by atoms with Gasteiger partial charge in [0.2, 0.25) is 5.95 Å². The van der Waals surface area contributed by atoms with Crippen molar-refractivity contribution in [3.8, 4) is 0 Å². The van der Waals surface area contributed by atoms with Gasteiger partial charge >= 0.3 is 0 Å². The maximum atomic E-state index is 4.54. The highest BCUT2D eigenvalue weighted by molar-refractivity contribution is 7.09. The zero-order valence-electron chi connectivity index (χ0n) is 13.3. The Balaban J connectivity index is 1.56. The molecule has 1 aliphatic rings. The first-order chi connectivity index (χ1) is 10.7. The SMILES string of the molecule is Cc1nc(CN(C)Cc2cnc(N3CCCCC3)nc2)cs1. The van der Waals surface area contributed by atoms with E-state index >= 15 is 0 Å². The van der Waals surface area contributed by atoms with Crippen LogP contribution in [0.2, 0.25) is 0 Å². The third kappa shape index (κ3) is 4.01. The number of nitrogens with zero attached hydrogens (tertiary/aromatic N) is 5. The number of rotatable bonds is 5. The maximum absolute atomic E-state index is 4.54. The van der Waals surface area contributed by atoms with Crippen molar-refractivity contribution in [2.75, 3.05) is 25.0 Å². The largest absolute Gasteiger partial charge is 0.341 e. The molecule has 0 saturated carbocycles. The van der Waals surface area contributed by atoms with Gasteiger partial charge in [-0.2, -0.15) is 0 Å². The third-order valence-electron chi connectivity index (χ3n) is 3.88. The van der Waals surface area contributed by atoms with E-state index in [9.17, 15) is 0 Å². The minimum atomic E-state index is 0.844. The first-order valence-corrected chi connectivity index (χ1v) is 8.74. The van der Waals surface area contributed by atoms with Crippen molar-refractivity contribution in [3.05, 3.63) is 34.0 Å². The van der Waals surface area contributed by atoms with Crippen LogP contribution in [0.5, 0.6) is 0 Å². The Morgan fingerprint density at radius 2 is 1.86 bits per heavy atom. The fourth-order valence-corrected chi connectivity index (χ4v) is 3.42. The van der Waals surface area contributed by atoms with Crippen molar-refractivity contribution in [2.24, 2.45) is 0 Å². The first kappa shape index (κ1) is 15.4. The highest BCUT2D eigenvalue weighted by Gasteiger charge is 2.13. The second-order valence-corrected chi connectivity index (χ2v) is 7.03. The fourth-order valence-electron chi connectivity index (χ4n) is 2.81. The molecule has 0 radical (unpaired) electrons. The van der Waals surface area contributed by atoms with Crippen molar-refractivity contribution in [3.63, 3.8) is 0 Å². The van der Waals surface area contributed by atoms with E-state index in [0.717, 1.165) is 48.4 Å². The Morgan fingerprint density at radius 1 is 1.14 bits per heavy atom. The quantitative estimate of drug-likeness (QED) is 0.848. The molecule has 118 valence electrons. The van der Waals surface area contributed by atoms with Crippen LogP contribution < -0.4 is 4.90 Å². The second-order valence-electron chi connectivity index (χ2n) is 5.97. The van der Waals surface area contributed by atoms with Crippen molar-refractivity contribution >= 4 is 17.3 Å². The van der Waals surface area contributed by atoms with E-state index in [1.54, 1.807) is 11.3 Å². The number of piperidine rings is 1. The molecule has 1 fully saturated rings. The van der Waals surface area contributed by atoms with Gasteiger partial charge in [0.15, 0.2) is 0 Å². The number of thiazole rings is 1. The Labute approximate surface area is 136 Å². The highest BCUT2D eigenvalue weighted by Crippen LogP contribution is 2.16.